The molecule has 0 saturated heterocycles. The fourth-order valence-corrected chi connectivity index (χ4v) is 4.41. The van der Waals surface area contributed by atoms with Crippen molar-refractivity contribution in [3.63, 3.8) is 0 Å². The Hall–Kier alpha value is -1.86. The molecule has 0 amide bonds. The maximum absolute atomic E-state index is 2.27. The summed E-state index contributed by atoms with van der Waals surface area (Å²) >= 11 is 0. The number of hydrogen-bond acceptors (Lipinski definition) is 0. The van der Waals surface area contributed by atoms with Crippen molar-refractivity contribution >= 4 is 15.3 Å². The fourth-order valence-electron chi connectivity index (χ4n) is 2.20. The van der Waals surface area contributed by atoms with Gasteiger partial charge in [-0.25, -0.2) is 0 Å². The minimum absolute atomic E-state index is 0.0409. The third kappa shape index (κ3) is 2.77. The molecule has 3 rings (SSSR count). The van der Waals surface area contributed by atoms with Crippen LogP contribution in [0.25, 0.3) is 0 Å². The van der Waals surface area contributed by atoms with Crippen molar-refractivity contribution in [1.82, 2.24) is 0 Å². The van der Waals surface area contributed by atoms with Crippen molar-refractivity contribution in [2.75, 3.05) is 0 Å². The van der Waals surface area contributed by atoms with Crippen LogP contribution in [0.4, 0.5) is 0 Å². The summed E-state index contributed by atoms with van der Waals surface area (Å²) in [6.07, 6.45) is 9.82. The van der Waals surface area contributed by atoms with E-state index in [1.54, 1.807) is 0 Å². The zero-order valence-electron chi connectivity index (χ0n) is 10.7. The van der Waals surface area contributed by atoms with Crippen LogP contribution in [0.1, 0.15) is 6.42 Å². The topological polar surface area (TPSA) is 0 Å². The van der Waals surface area contributed by atoms with Crippen LogP contribution in [-0.2, 0) is 0 Å². The molecule has 0 heterocycles. The molecule has 0 atom stereocenters. The van der Waals surface area contributed by atoms with Crippen LogP contribution in [0, 0.1) is 0 Å². The van der Waals surface area contributed by atoms with Crippen LogP contribution in [0.2, 0.25) is 0 Å². The fraction of sp³-hybridized carbons (Fsp3) is 0.0556. The highest BCUT2D eigenvalue weighted by molar-refractivity contribution is 8.16. The van der Waals surface area contributed by atoms with Crippen molar-refractivity contribution in [2.24, 2.45) is 0 Å². The number of benzene rings is 2. The van der Waals surface area contributed by atoms with Gasteiger partial charge in [-0.1, -0.05) is 60.7 Å². The minimum atomic E-state index is 0.0409. The van der Waals surface area contributed by atoms with Crippen LogP contribution < -0.4 is 0 Å². The largest absolute Gasteiger partial charge is 0.120 e. The lowest BCUT2D eigenvalue weighted by Gasteiger charge is -2.16. The molecule has 0 spiro atoms. The van der Waals surface area contributed by atoms with E-state index >= 15 is 0 Å². The van der Waals surface area contributed by atoms with Gasteiger partial charge in [-0.05, 0) is 35.6 Å². The molecular weight excluding hydrogens is 248 g/mol. The third-order valence-corrected chi connectivity index (χ3v) is 5.38. The summed E-state index contributed by atoms with van der Waals surface area (Å²) < 4.78 is 0. The Morgan fingerprint density at radius 2 is 1.26 bits per heavy atom. The van der Waals surface area contributed by atoms with Crippen LogP contribution in [-0.4, -0.2) is 4.86 Å². The molecule has 0 unspecified atom stereocenters. The van der Waals surface area contributed by atoms with Gasteiger partial charge in [0.2, 0.25) is 0 Å². The smallest absolute Gasteiger partial charge is 0.00648 e. The predicted molar refractivity (Wildman–Crippen MR) is 84.9 cm³/mol. The second-order valence-corrected chi connectivity index (χ2v) is 6.47. The second kappa shape index (κ2) is 5.85. The lowest BCUT2D eigenvalue weighted by atomic mass is 10.2. The first kappa shape index (κ1) is 12.2. The normalized spacial score (nSPS) is 14.1. The maximum Gasteiger partial charge on any atom is 0.00648 e. The van der Waals surface area contributed by atoms with Crippen molar-refractivity contribution in [2.45, 2.75) is 16.2 Å². The second-order valence-electron chi connectivity index (χ2n) is 4.39. The van der Waals surface area contributed by atoms with Gasteiger partial charge in [-0.2, -0.15) is 0 Å². The standard InChI is InChI=1S/C18H16S/c1-4-10-16(11-5-1)19(17-12-6-2-7-13-17)18-14-8-3-9-15-18/h1-14H,15H2. The van der Waals surface area contributed by atoms with Crippen LogP contribution in [0.15, 0.2) is 94.8 Å². The van der Waals surface area contributed by atoms with E-state index in [-0.39, 0.29) is 10.5 Å². The first-order valence-electron chi connectivity index (χ1n) is 6.48. The highest BCUT2D eigenvalue weighted by Crippen LogP contribution is 2.38. The van der Waals surface area contributed by atoms with E-state index in [1.165, 1.54) is 14.7 Å². The highest BCUT2D eigenvalue weighted by Gasteiger charge is 2.08. The molecule has 0 bridgehead atoms. The molecule has 1 heteroatoms. The zero-order chi connectivity index (χ0) is 12.9. The van der Waals surface area contributed by atoms with Crippen molar-refractivity contribution in [3.8, 4) is 0 Å². The Kier molecular flexibility index (Phi) is 3.75. The van der Waals surface area contributed by atoms with Gasteiger partial charge < -0.3 is 0 Å². The van der Waals surface area contributed by atoms with E-state index in [2.05, 4.69) is 85.0 Å². The maximum atomic E-state index is 2.27. The van der Waals surface area contributed by atoms with E-state index in [0.29, 0.717) is 0 Å². The Labute approximate surface area is 117 Å². The van der Waals surface area contributed by atoms with Gasteiger partial charge in [0.05, 0.1) is 0 Å². The molecule has 0 N–H and O–H groups in total. The van der Waals surface area contributed by atoms with E-state index in [4.69, 9.17) is 0 Å². The van der Waals surface area contributed by atoms with E-state index in [1.807, 2.05) is 0 Å². The first-order valence-corrected chi connectivity index (χ1v) is 7.71. The monoisotopic (exact) mass is 264 g/mol. The molecule has 0 radical (unpaired) electrons. The van der Waals surface area contributed by atoms with Gasteiger partial charge in [0, 0.05) is 9.79 Å². The summed E-state index contributed by atoms with van der Waals surface area (Å²) in [6, 6.07) is 21.6. The van der Waals surface area contributed by atoms with Gasteiger partial charge in [-0.15, -0.1) is 10.5 Å². The SMILES string of the molecule is C1=CCC(=S(c2ccccc2)c2ccccc2)C=C1. The molecule has 0 nitrogen and oxygen atoms in total. The summed E-state index contributed by atoms with van der Waals surface area (Å²) in [6.45, 7) is 0. The van der Waals surface area contributed by atoms with Gasteiger partial charge in [0.25, 0.3) is 0 Å². The first-order chi connectivity index (χ1) is 9.45. The van der Waals surface area contributed by atoms with Crippen LogP contribution in [0.3, 0.4) is 0 Å². The van der Waals surface area contributed by atoms with Crippen LogP contribution in [0.5, 0.6) is 0 Å². The average molecular weight is 264 g/mol. The lowest BCUT2D eigenvalue weighted by Crippen LogP contribution is -1.97. The number of allylic oxidation sites excluding steroid dienone is 4. The third-order valence-electron chi connectivity index (χ3n) is 3.07. The van der Waals surface area contributed by atoms with Gasteiger partial charge in [0.15, 0.2) is 0 Å². The predicted octanol–water partition coefficient (Wildman–Crippen LogP) is 5.06. The summed E-state index contributed by atoms with van der Waals surface area (Å²) in [5.41, 5.74) is 0. The quantitative estimate of drug-likeness (QED) is 0.665. The van der Waals surface area contributed by atoms with Gasteiger partial charge in [0.1, 0.15) is 0 Å². The Morgan fingerprint density at radius 1 is 0.684 bits per heavy atom. The molecular formula is C18H16S. The molecule has 0 aromatic heterocycles. The molecule has 0 saturated carbocycles. The zero-order valence-corrected chi connectivity index (χ0v) is 11.5. The molecule has 2 aromatic carbocycles. The molecule has 2 aromatic rings. The van der Waals surface area contributed by atoms with Gasteiger partial charge in [-0.3, -0.25) is 0 Å². The molecule has 1 aliphatic carbocycles. The number of hydrogen-bond donors (Lipinski definition) is 0. The van der Waals surface area contributed by atoms with Crippen molar-refractivity contribution in [1.29, 1.82) is 0 Å². The van der Waals surface area contributed by atoms with Crippen LogP contribution >= 0.6 is 10.5 Å². The van der Waals surface area contributed by atoms with Crippen molar-refractivity contribution < 1.29 is 0 Å². The Bertz CT molecular complexity index is 592. The minimum Gasteiger partial charge on any atom is -0.120 e. The van der Waals surface area contributed by atoms with E-state index < -0.39 is 0 Å². The average Bonchev–Trinajstić information content (AvgIpc) is 2.51. The van der Waals surface area contributed by atoms with Gasteiger partial charge >= 0.3 is 0 Å². The summed E-state index contributed by atoms with van der Waals surface area (Å²) in [4.78, 5) is 4.27. The van der Waals surface area contributed by atoms with E-state index in [9.17, 15) is 0 Å². The summed E-state index contributed by atoms with van der Waals surface area (Å²) in [7, 11) is 0.0409. The molecule has 94 valence electrons. The Balaban J connectivity index is 2.17. The molecule has 19 heavy (non-hydrogen) atoms. The van der Waals surface area contributed by atoms with Crippen molar-refractivity contribution in [3.05, 3.63) is 85.0 Å². The highest BCUT2D eigenvalue weighted by atomic mass is 32.2. The summed E-state index contributed by atoms with van der Waals surface area (Å²) in [5.74, 6) is 0. The number of rotatable bonds is 2. The van der Waals surface area contributed by atoms with E-state index in [0.717, 1.165) is 6.42 Å². The summed E-state index contributed by atoms with van der Waals surface area (Å²) in [5, 5.41) is 0. The lowest BCUT2D eigenvalue weighted by molar-refractivity contribution is 1.40. The molecule has 0 fully saturated rings. The molecule has 1 aliphatic rings. The molecule has 0 aliphatic heterocycles. The Morgan fingerprint density at radius 3 is 1.74 bits per heavy atom.